The minimum atomic E-state index is -5.08. The Morgan fingerprint density at radius 3 is 2.26 bits per heavy atom. The van der Waals surface area contributed by atoms with Crippen LogP contribution in [0.2, 0.25) is 0 Å². The van der Waals surface area contributed by atoms with E-state index in [9.17, 15) is 26.3 Å². The molecule has 212 valence electrons. The van der Waals surface area contributed by atoms with Gasteiger partial charge in [-0.15, -0.1) is 0 Å². The second kappa shape index (κ2) is 13.5. The van der Waals surface area contributed by atoms with E-state index in [0.717, 1.165) is 51.3 Å². The largest absolute Gasteiger partial charge is 0.490 e. The molecule has 15 heteroatoms. The smallest absolute Gasteiger partial charge is 0.477 e. The highest BCUT2D eigenvalue weighted by atomic mass is 19.4. The lowest BCUT2D eigenvalue weighted by Crippen LogP contribution is -2.57. The predicted octanol–water partition coefficient (Wildman–Crippen LogP) is 4.39. The van der Waals surface area contributed by atoms with Crippen LogP contribution in [0, 0.1) is 5.41 Å². The number of likely N-dealkylation sites (tertiary alicyclic amines) is 1. The second-order valence-corrected chi connectivity index (χ2v) is 8.47. The van der Waals surface area contributed by atoms with Crippen LogP contribution >= 0.6 is 0 Å². The predicted molar refractivity (Wildman–Crippen MR) is 117 cm³/mol. The first kappa shape index (κ1) is 30.9. The molecule has 0 bridgehead atoms. The number of furan rings is 1. The van der Waals surface area contributed by atoms with Gasteiger partial charge in [-0.25, -0.2) is 14.6 Å². The minimum Gasteiger partial charge on any atom is -0.477 e. The highest BCUT2D eigenvalue weighted by Crippen LogP contribution is 2.41. The summed E-state index contributed by atoms with van der Waals surface area (Å²) in [5.41, 5.74) is 0.0423. The molecule has 2 aromatic heterocycles. The third kappa shape index (κ3) is 9.85. The standard InChI is InChI=1S/C19H24N2O3.2C2HF3O2/c1-2-9-20-18(6-1)24-15-19-8-4-12-23-17(19)7-10-21(14-19)13-16-5-3-11-22-16;2*3-2(4,5)1(6)7/h1-3,5-6,9,11,17H,4,7-8,10,12-15H2;2*(H,6,7). The Labute approximate surface area is 213 Å². The lowest BCUT2D eigenvalue weighted by molar-refractivity contribution is -0.193. The van der Waals surface area contributed by atoms with E-state index >= 15 is 0 Å². The van der Waals surface area contributed by atoms with Gasteiger partial charge in [-0.05, 0) is 37.5 Å². The summed E-state index contributed by atoms with van der Waals surface area (Å²) < 4.78 is 81.1. The summed E-state index contributed by atoms with van der Waals surface area (Å²) in [6.45, 7) is 4.39. The molecule has 4 heterocycles. The van der Waals surface area contributed by atoms with E-state index in [2.05, 4.69) is 9.88 Å². The van der Waals surface area contributed by atoms with Crippen molar-refractivity contribution in [3.05, 3.63) is 48.6 Å². The maximum atomic E-state index is 10.6. The fourth-order valence-electron chi connectivity index (χ4n) is 4.00. The molecule has 38 heavy (non-hydrogen) atoms. The first-order chi connectivity index (χ1) is 17.7. The number of ether oxygens (including phenoxy) is 2. The molecule has 4 rings (SSSR count). The van der Waals surface area contributed by atoms with Crippen LogP contribution in [0.15, 0.2) is 47.2 Å². The SMILES string of the molecule is O=C(O)C(F)(F)F.O=C(O)C(F)(F)F.c1ccc(OCC23CCCOC2CCN(Cc2ccco2)C3)nc1. The number of nitrogens with zero attached hydrogens (tertiary/aromatic N) is 2. The van der Waals surface area contributed by atoms with Gasteiger partial charge in [0.2, 0.25) is 5.88 Å². The van der Waals surface area contributed by atoms with E-state index in [1.54, 1.807) is 12.5 Å². The molecular weight excluding hydrogens is 530 g/mol. The van der Waals surface area contributed by atoms with E-state index in [1.165, 1.54) is 0 Å². The molecular formula is C23H26F6N2O7. The topological polar surface area (TPSA) is 122 Å². The maximum Gasteiger partial charge on any atom is 0.490 e. The van der Waals surface area contributed by atoms with Crippen LogP contribution < -0.4 is 4.74 Å². The number of pyridine rings is 1. The summed E-state index contributed by atoms with van der Waals surface area (Å²) in [6, 6.07) is 9.77. The van der Waals surface area contributed by atoms with Crippen LogP contribution in [0.3, 0.4) is 0 Å². The van der Waals surface area contributed by atoms with Crippen molar-refractivity contribution in [2.75, 3.05) is 26.3 Å². The van der Waals surface area contributed by atoms with Crippen LogP contribution in [0.5, 0.6) is 5.88 Å². The molecule has 2 aliphatic heterocycles. The summed E-state index contributed by atoms with van der Waals surface area (Å²) in [6.07, 6.45) is -3.09. The van der Waals surface area contributed by atoms with Crippen molar-refractivity contribution < 1.29 is 60.0 Å². The molecule has 9 nitrogen and oxygen atoms in total. The highest BCUT2D eigenvalue weighted by molar-refractivity contribution is 5.73. The molecule has 0 saturated carbocycles. The zero-order valence-electron chi connectivity index (χ0n) is 19.9. The van der Waals surface area contributed by atoms with Gasteiger partial charge in [-0.1, -0.05) is 6.07 Å². The maximum absolute atomic E-state index is 10.6. The lowest BCUT2D eigenvalue weighted by Gasteiger charge is -2.50. The van der Waals surface area contributed by atoms with Crippen LogP contribution in [0.25, 0.3) is 0 Å². The molecule has 0 spiro atoms. The molecule has 2 atom stereocenters. The van der Waals surface area contributed by atoms with Gasteiger partial charge >= 0.3 is 24.3 Å². The number of fused-ring (bicyclic) bond motifs is 1. The molecule has 2 aliphatic rings. The van der Waals surface area contributed by atoms with E-state index in [1.807, 2.05) is 30.3 Å². The third-order valence-electron chi connectivity index (χ3n) is 5.66. The van der Waals surface area contributed by atoms with Crippen LogP contribution in [-0.4, -0.2) is 76.8 Å². The Morgan fingerprint density at radius 2 is 1.74 bits per heavy atom. The molecule has 2 saturated heterocycles. The Bertz CT molecular complexity index is 978. The molecule has 2 unspecified atom stereocenters. The number of carboxylic acids is 2. The quantitative estimate of drug-likeness (QED) is 0.517. The third-order valence-corrected chi connectivity index (χ3v) is 5.66. The summed E-state index contributed by atoms with van der Waals surface area (Å²) >= 11 is 0. The Morgan fingerprint density at radius 1 is 1.08 bits per heavy atom. The monoisotopic (exact) mass is 556 g/mol. The highest BCUT2D eigenvalue weighted by Gasteiger charge is 2.47. The zero-order valence-corrected chi connectivity index (χ0v) is 19.9. The number of rotatable bonds is 5. The first-order valence-electron chi connectivity index (χ1n) is 11.2. The van der Waals surface area contributed by atoms with Crippen molar-refractivity contribution in [1.82, 2.24) is 9.88 Å². The van der Waals surface area contributed by atoms with Crippen molar-refractivity contribution in [3.63, 3.8) is 0 Å². The van der Waals surface area contributed by atoms with Crippen LogP contribution in [-0.2, 0) is 20.9 Å². The van der Waals surface area contributed by atoms with Crippen molar-refractivity contribution in [1.29, 1.82) is 0 Å². The summed E-state index contributed by atoms with van der Waals surface area (Å²) in [5.74, 6) is -3.80. The van der Waals surface area contributed by atoms with Gasteiger partial charge in [-0.3, -0.25) is 4.90 Å². The zero-order chi connectivity index (χ0) is 28.4. The van der Waals surface area contributed by atoms with Gasteiger partial charge in [0.1, 0.15) is 5.76 Å². The number of carbonyl (C=O) groups is 2. The molecule has 0 aromatic carbocycles. The fraction of sp³-hybridized carbons (Fsp3) is 0.522. The number of aliphatic carboxylic acids is 2. The number of carboxylic acid groups (broad SMARTS) is 2. The van der Waals surface area contributed by atoms with Crippen molar-refractivity contribution in [2.24, 2.45) is 5.41 Å². The van der Waals surface area contributed by atoms with E-state index in [0.29, 0.717) is 12.5 Å². The van der Waals surface area contributed by atoms with Crippen molar-refractivity contribution in [2.45, 2.75) is 44.3 Å². The number of hydrogen-bond acceptors (Lipinski definition) is 7. The Hall–Kier alpha value is -3.33. The van der Waals surface area contributed by atoms with Crippen molar-refractivity contribution >= 4 is 11.9 Å². The number of alkyl halides is 6. The first-order valence-corrected chi connectivity index (χ1v) is 11.2. The van der Waals surface area contributed by atoms with E-state index < -0.39 is 24.3 Å². The van der Waals surface area contributed by atoms with Gasteiger partial charge in [0, 0.05) is 37.4 Å². The van der Waals surface area contributed by atoms with Gasteiger partial charge in [0.25, 0.3) is 0 Å². The second-order valence-electron chi connectivity index (χ2n) is 8.47. The van der Waals surface area contributed by atoms with Crippen LogP contribution in [0.4, 0.5) is 26.3 Å². The molecule has 2 aromatic rings. The number of aromatic nitrogens is 1. The normalized spacial score (nSPS) is 21.6. The fourth-order valence-corrected chi connectivity index (χ4v) is 4.00. The summed E-state index contributed by atoms with van der Waals surface area (Å²) in [7, 11) is 0. The van der Waals surface area contributed by atoms with Gasteiger partial charge in [-0.2, -0.15) is 26.3 Å². The van der Waals surface area contributed by atoms with E-state index in [-0.39, 0.29) is 11.5 Å². The van der Waals surface area contributed by atoms with Crippen LogP contribution in [0.1, 0.15) is 25.0 Å². The van der Waals surface area contributed by atoms with Gasteiger partial charge in [0.15, 0.2) is 0 Å². The number of hydrogen-bond donors (Lipinski definition) is 2. The van der Waals surface area contributed by atoms with Gasteiger partial charge < -0.3 is 24.1 Å². The van der Waals surface area contributed by atoms with Gasteiger partial charge in [0.05, 0.1) is 25.5 Å². The Balaban J connectivity index is 0.000000301. The molecule has 0 aliphatic carbocycles. The van der Waals surface area contributed by atoms with E-state index in [4.69, 9.17) is 33.7 Å². The molecule has 2 N–H and O–H groups in total. The summed E-state index contributed by atoms with van der Waals surface area (Å²) in [5, 5.41) is 14.2. The summed E-state index contributed by atoms with van der Waals surface area (Å²) in [4.78, 5) is 24.5. The average molecular weight is 556 g/mol. The average Bonchev–Trinajstić information content (AvgIpc) is 3.36. The molecule has 2 fully saturated rings. The lowest BCUT2D eigenvalue weighted by atomic mass is 9.73. The minimum absolute atomic E-state index is 0.0423. The molecule has 0 radical (unpaired) electrons. The number of piperidine rings is 1. The van der Waals surface area contributed by atoms with Crippen molar-refractivity contribution in [3.8, 4) is 5.88 Å². The number of halogens is 6. The molecule has 0 amide bonds. The Kier molecular flexibility index (Phi) is 10.9.